The SMILES string of the molecule is CCCN(CC)S(=O)(=O)N(C)C. The van der Waals surface area contributed by atoms with E-state index >= 15 is 0 Å². The van der Waals surface area contributed by atoms with E-state index in [0.29, 0.717) is 13.1 Å². The van der Waals surface area contributed by atoms with Gasteiger partial charge in [0.05, 0.1) is 0 Å². The molecule has 0 amide bonds. The van der Waals surface area contributed by atoms with Crippen LogP contribution in [0.2, 0.25) is 0 Å². The van der Waals surface area contributed by atoms with Gasteiger partial charge in [0.25, 0.3) is 10.2 Å². The molecular weight excluding hydrogens is 176 g/mol. The van der Waals surface area contributed by atoms with Crippen molar-refractivity contribution in [3.8, 4) is 0 Å². The Morgan fingerprint density at radius 1 is 1.17 bits per heavy atom. The molecule has 0 radical (unpaired) electrons. The molecule has 0 bridgehead atoms. The molecule has 0 aliphatic rings. The number of hydrogen-bond donors (Lipinski definition) is 0. The first-order valence-electron chi connectivity index (χ1n) is 4.14. The molecule has 0 fully saturated rings. The van der Waals surface area contributed by atoms with Crippen molar-refractivity contribution >= 4 is 10.2 Å². The number of hydrogen-bond acceptors (Lipinski definition) is 2. The summed E-state index contributed by atoms with van der Waals surface area (Å²) in [5.41, 5.74) is 0. The molecule has 0 spiro atoms. The first-order valence-corrected chi connectivity index (χ1v) is 5.54. The molecule has 0 aliphatic carbocycles. The van der Waals surface area contributed by atoms with Crippen LogP contribution in [0, 0.1) is 0 Å². The standard InChI is InChI=1S/C7H18N2O2S/c1-5-7-9(6-2)12(10,11)8(3)4/h5-7H2,1-4H3. The Labute approximate surface area is 75.3 Å². The molecule has 0 aromatic heterocycles. The molecule has 0 aromatic carbocycles. The zero-order chi connectivity index (χ0) is 9.78. The van der Waals surface area contributed by atoms with E-state index in [4.69, 9.17) is 0 Å². The summed E-state index contributed by atoms with van der Waals surface area (Å²) in [5, 5.41) is 0. The van der Waals surface area contributed by atoms with E-state index in [0.717, 1.165) is 6.42 Å². The molecular formula is C7H18N2O2S. The second-order valence-corrected chi connectivity index (χ2v) is 4.92. The second kappa shape index (κ2) is 4.79. The third kappa shape index (κ3) is 2.73. The van der Waals surface area contributed by atoms with Crippen LogP contribution < -0.4 is 0 Å². The van der Waals surface area contributed by atoms with Crippen molar-refractivity contribution in [2.45, 2.75) is 20.3 Å². The Morgan fingerprint density at radius 3 is 1.92 bits per heavy atom. The third-order valence-electron chi connectivity index (χ3n) is 1.61. The van der Waals surface area contributed by atoms with Crippen molar-refractivity contribution < 1.29 is 8.42 Å². The Bertz CT molecular complexity index is 211. The summed E-state index contributed by atoms with van der Waals surface area (Å²) < 4.78 is 25.7. The van der Waals surface area contributed by atoms with Gasteiger partial charge in [0, 0.05) is 27.2 Å². The molecule has 0 N–H and O–H groups in total. The van der Waals surface area contributed by atoms with E-state index in [1.807, 2.05) is 13.8 Å². The van der Waals surface area contributed by atoms with Crippen molar-refractivity contribution in [1.29, 1.82) is 0 Å². The van der Waals surface area contributed by atoms with Gasteiger partial charge in [-0.3, -0.25) is 0 Å². The number of nitrogens with zero attached hydrogens (tertiary/aromatic N) is 2. The minimum atomic E-state index is -3.18. The summed E-state index contributed by atoms with van der Waals surface area (Å²) in [5.74, 6) is 0. The fourth-order valence-electron chi connectivity index (χ4n) is 0.917. The van der Waals surface area contributed by atoms with E-state index in [9.17, 15) is 8.42 Å². The van der Waals surface area contributed by atoms with E-state index in [1.54, 1.807) is 14.1 Å². The first-order chi connectivity index (χ1) is 5.46. The lowest BCUT2D eigenvalue weighted by Crippen LogP contribution is -2.40. The van der Waals surface area contributed by atoms with Crippen LogP contribution in [-0.4, -0.2) is 44.2 Å². The quantitative estimate of drug-likeness (QED) is 0.640. The van der Waals surface area contributed by atoms with Gasteiger partial charge in [0.2, 0.25) is 0 Å². The van der Waals surface area contributed by atoms with Gasteiger partial charge >= 0.3 is 0 Å². The van der Waals surface area contributed by atoms with Crippen LogP contribution in [0.4, 0.5) is 0 Å². The monoisotopic (exact) mass is 194 g/mol. The van der Waals surface area contributed by atoms with Crippen molar-refractivity contribution in [2.75, 3.05) is 27.2 Å². The van der Waals surface area contributed by atoms with Crippen LogP contribution >= 0.6 is 0 Å². The summed E-state index contributed by atoms with van der Waals surface area (Å²) in [6.07, 6.45) is 0.848. The van der Waals surface area contributed by atoms with Crippen LogP contribution in [0.15, 0.2) is 0 Å². The Hall–Kier alpha value is -0.130. The molecule has 0 heterocycles. The van der Waals surface area contributed by atoms with Crippen molar-refractivity contribution in [2.24, 2.45) is 0 Å². The first kappa shape index (κ1) is 11.9. The van der Waals surface area contributed by atoms with E-state index in [1.165, 1.54) is 8.61 Å². The van der Waals surface area contributed by atoms with E-state index in [2.05, 4.69) is 0 Å². The highest BCUT2D eigenvalue weighted by atomic mass is 32.2. The molecule has 0 unspecified atom stereocenters. The average Bonchev–Trinajstić information content (AvgIpc) is 1.99. The van der Waals surface area contributed by atoms with Crippen LogP contribution in [0.25, 0.3) is 0 Å². The highest BCUT2D eigenvalue weighted by Crippen LogP contribution is 2.03. The molecule has 0 saturated heterocycles. The Kier molecular flexibility index (Phi) is 4.74. The molecule has 0 aromatic rings. The Morgan fingerprint density at radius 2 is 1.67 bits per heavy atom. The van der Waals surface area contributed by atoms with Crippen molar-refractivity contribution in [3.63, 3.8) is 0 Å². The second-order valence-electron chi connectivity index (χ2n) is 2.78. The fourth-order valence-corrected chi connectivity index (χ4v) is 2.12. The zero-order valence-corrected chi connectivity index (χ0v) is 9.06. The predicted octanol–water partition coefficient (Wildman–Crippen LogP) is 0.525. The minimum Gasteiger partial charge on any atom is -0.195 e. The van der Waals surface area contributed by atoms with Gasteiger partial charge in [-0.15, -0.1) is 0 Å². The molecule has 5 heteroatoms. The fraction of sp³-hybridized carbons (Fsp3) is 1.00. The summed E-state index contributed by atoms with van der Waals surface area (Å²) in [6, 6.07) is 0. The molecule has 0 rings (SSSR count). The van der Waals surface area contributed by atoms with Gasteiger partial charge < -0.3 is 0 Å². The topological polar surface area (TPSA) is 40.6 Å². The lowest BCUT2D eigenvalue weighted by Gasteiger charge is -2.23. The van der Waals surface area contributed by atoms with Crippen molar-refractivity contribution in [3.05, 3.63) is 0 Å². The lowest BCUT2D eigenvalue weighted by atomic mass is 10.5. The molecule has 4 nitrogen and oxygen atoms in total. The number of rotatable bonds is 5. The zero-order valence-electron chi connectivity index (χ0n) is 8.24. The van der Waals surface area contributed by atoms with Gasteiger partial charge in [-0.1, -0.05) is 13.8 Å². The van der Waals surface area contributed by atoms with Gasteiger partial charge in [0.1, 0.15) is 0 Å². The highest BCUT2D eigenvalue weighted by molar-refractivity contribution is 7.86. The Balaban J connectivity index is 4.49. The maximum Gasteiger partial charge on any atom is 0.281 e. The predicted molar refractivity (Wildman–Crippen MR) is 50.1 cm³/mol. The smallest absolute Gasteiger partial charge is 0.195 e. The third-order valence-corrected chi connectivity index (χ3v) is 3.63. The highest BCUT2D eigenvalue weighted by Gasteiger charge is 2.21. The van der Waals surface area contributed by atoms with Crippen molar-refractivity contribution in [1.82, 2.24) is 8.61 Å². The van der Waals surface area contributed by atoms with Crippen LogP contribution in [0.3, 0.4) is 0 Å². The van der Waals surface area contributed by atoms with Crippen LogP contribution in [0.1, 0.15) is 20.3 Å². The molecule has 12 heavy (non-hydrogen) atoms. The van der Waals surface area contributed by atoms with Gasteiger partial charge in [-0.2, -0.15) is 17.0 Å². The largest absolute Gasteiger partial charge is 0.281 e. The molecule has 0 saturated carbocycles. The summed E-state index contributed by atoms with van der Waals surface area (Å²) >= 11 is 0. The van der Waals surface area contributed by atoms with E-state index in [-0.39, 0.29) is 0 Å². The summed E-state index contributed by atoms with van der Waals surface area (Å²) in [6.45, 7) is 4.94. The normalized spacial score (nSPS) is 12.8. The summed E-state index contributed by atoms with van der Waals surface area (Å²) in [4.78, 5) is 0. The maximum atomic E-state index is 11.5. The molecule has 0 aliphatic heterocycles. The lowest BCUT2D eigenvalue weighted by molar-refractivity contribution is 0.386. The average molecular weight is 194 g/mol. The summed E-state index contributed by atoms with van der Waals surface area (Å²) in [7, 11) is -0.0860. The van der Waals surface area contributed by atoms with Gasteiger partial charge in [0.15, 0.2) is 0 Å². The van der Waals surface area contributed by atoms with Gasteiger partial charge in [-0.05, 0) is 6.42 Å². The minimum absolute atomic E-state index is 0.536. The van der Waals surface area contributed by atoms with Gasteiger partial charge in [-0.25, -0.2) is 0 Å². The maximum absolute atomic E-state index is 11.5. The molecule has 0 atom stereocenters. The van der Waals surface area contributed by atoms with Crippen LogP contribution in [-0.2, 0) is 10.2 Å². The molecule has 74 valence electrons. The van der Waals surface area contributed by atoms with E-state index < -0.39 is 10.2 Å². The van der Waals surface area contributed by atoms with Crippen LogP contribution in [0.5, 0.6) is 0 Å².